The number of carbonyl (C=O) groups is 1. The zero-order valence-corrected chi connectivity index (χ0v) is 19.1. The number of benzene rings is 3. The van der Waals surface area contributed by atoms with Gasteiger partial charge in [0.25, 0.3) is 0 Å². The van der Waals surface area contributed by atoms with Gasteiger partial charge in [0.05, 0.1) is 36.7 Å². The van der Waals surface area contributed by atoms with Crippen molar-refractivity contribution in [3.8, 4) is 0 Å². The summed E-state index contributed by atoms with van der Waals surface area (Å²) < 4.78 is 0. The first-order valence-electron chi connectivity index (χ1n) is 11.1. The molecule has 5 nitrogen and oxygen atoms in total. The minimum atomic E-state index is -1.35. The lowest BCUT2D eigenvalue weighted by molar-refractivity contribution is -0.648. The van der Waals surface area contributed by atoms with Gasteiger partial charge in [0.2, 0.25) is 0 Å². The molecule has 0 radical (unpaired) electrons. The van der Waals surface area contributed by atoms with E-state index in [1.807, 2.05) is 91.0 Å². The highest BCUT2D eigenvalue weighted by atomic mass is 16.4. The van der Waals surface area contributed by atoms with Crippen LogP contribution in [0.5, 0.6) is 0 Å². The molecule has 0 aliphatic carbocycles. The first-order valence-corrected chi connectivity index (χ1v) is 11.1. The van der Waals surface area contributed by atoms with E-state index in [0.29, 0.717) is 0 Å². The molecule has 5 heteroatoms. The van der Waals surface area contributed by atoms with Crippen molar-refractivity contribution < 1.29 is 20.3 Å². The Hall–Kier alpha value is -2.99. The lowest BCUT2D eigenvalue weighted by Gasteiger charge is -2.41. The Morgan fingerprint density at radius 3 is 1.41 bits per heavy atom. The van der Waals surface area contributed by atoms with Crippen LogP contribution in [0.3, 0.4) is 0 Å². The number of aliphatic hydroxyl groups excluding tert-OH is 1. The maximum atomic E-state index is 11.8. The molecule has 0 spiro atoms. The Balaban J connectivity index is 0.000000654. The smallest absolute Gasteiger partial charge is 0.0953 e. The van der Waals surface area contributed by atoms with Gasteiger partial charge in [-0.25, -0.2) is 0 Å². The zero-order valence-electron chi connectivity index (χ0n) is 19.1. The first-order chi connectivity index (χ1) is 15.5. The van der Waals surface area contributed by atoms with Crippen molar-refractivity contribution in [2.24, 2.45) is 0 Å². The van der Waals surface area contributed by atoms with Gasteiger partial charge in [-0.05, 0) is 37.5 Å². The van der Waals surface area contributed by atoms with E-state index >= 15 is 0 Å². The van der Waals surface area contributed by atoms with Gasteiger partial charge in [0.15, 0.2) is 0 Å². The van der Waals surface area contributed by atoms with Gasteiger partial charge < -0.3 is 20.3 Å². The number of carboxylic acids is 1. The highest BCUT2D eigenvalue weighted by molar-refractivity contribution is 5.72. The van der Waals surface area contributed by atoms with Crippen LogP contribution in [0.2, 0.25) is 0 Å². The number of aliphatic carboxylic acids is 1. The number of rotatable bonds is 9. The molecule has 0 heterocycles. The first kappa shape index (κ1) is 25.3. The topological polar surface area (TPSA) is 89.0 Å². The number of hydrogen-bond donors (Lipinski definition) is 3. The van der Waals surface area contributed by atoms with Crippen LogP contribution in [0.4, 0.5) is 0 Å². The molecule has 3 aromatic carbocycles. The summed E-state index contributed by atoms with van der Waals surface area (Å²) in [5.41, 5.74) is 1.64. The molecule has 3 rings (SSSR count). The maximum Gasteiger partial charge on any atom is 0.0953 e. The summed E-state index contributed by atoms with van der Waals surface area (Å²) in [6.45, 7) is 8.19. The van der Waals surface area contributed by atoms with Crippen molar-refractivity contribution in [3.63, 3.8) is 0 Å². The molecule has 0 saturated carbocycles. The summed E-state index contributed by atoms with van der Waals surface area (Å²) in [4.78, 5) is 11.8. The van der Waals surface area contributed by atoms with E-state index in [1.54, 1.807) is 0 Å². The van der Waals surface area contributed by atoms with E-state index in [0.717, 1.165) is 16.7 Å². The van der Waals surface area contributed by atoms with E-state index in [4.69, 9.17) is 0 Å². The van der Waals surface area contributed by atoms with E-state index in [-0.39, 0.29) is 0 Å². The average molecular weight is 435 g/mol. The van der Waals surface area contributed by atoms with E-state index in [9.17, 15) is 15.0 Å². The molecule has 0 unspecified atom stereocenters. The molecule has 3 aromatic rings. The second-order valence-corrected chi connectivity index (χ2v) is 7.63. The standard InChI is InChI=1S/C23H23NO3.C4H11N/c1-17(25)21(22(26)27)24-23(18-11-5-2-6-12-18,19-13-7-3-8-14-19)20-15-9-4-10-16-20;1-3-5-4-2/h2-17,21,24-25H,1H3,(H,26,27);5H,3-4H2,1-2H3/t17-,21+;/m1./s1. The minimum Gasteiger partial charge on any atom is -0.548 e. The Morgan fingerprint density at radius 2 is 1.19 bits per heavy atom. The summed E-state index contributed by atoms with van der Waals surface area (Å²) in [7, 11) is 0. The predicted molar refractivity (Wildman–Crippen MR) is 126 cm³/mol. The normalized spacial score (nSPS) is 12.9. The Kier molecular flexibility index (Phi) is 10.1. The lowest BCUT2D eigenvalue weighted by Crippen LogP contribution is -2.82. The van der Waals surface area contributed by atoms with Gasteiger partial charge in [-0.15, -0.1) is 0 Å². The largest absolute Gasteiger partial charge is 0.548 e. The second kappa shape index (κ2) is 12.8. The number of carboxylic acid groups (broad SMARTS) is 1. The van der Waals surface area contributed by atoms with Gasteiger partial charge >= 0.3 is 0 Å². The fraction of sp³-hybridized carbons (Fsp3) is 0.296. The van der Waals surface area contributed by atoms with E-state index in [2.05, 4.69) is 24.5 Å². The van der Waals surface area contributed by atoms with Crippen molar-refractivity contribution in [1.82, 2.24) is 5.32 Å². The summed E-state index contributed by atoms with van der Waals surface area (Å²) in [5.74, 6) is -1.35. The van der Waals surface area contributed by atoms with Gasteiger partial charge in [0.1, 0.15) is 0 Å². The fourth-order valence-electron chi connectivity index (χ4n) is 3.71. The van der Waals surface area contributed by atoms with E-state index in [1.165, 1.54) is 20.0 Å². The van der Waals surface area contributed by atoms with Gasteiger partial charge in [-0.3, -0.25) is 5.32 Å². The second-order valence-electron chi connectivity index (χ2n) is 7.63. The van der Waals surface area contributed by atoms with Gasteiger partial charge in [-0.1, -0.05) is 91.0 Å². The number of aliphatic hydroxyl groups is 1. The van der Waals surface area contributed by atoms with Crippen LogP contribution in [0.25, 0.3) is 0 Å². The monoisotopic (exact) mass is 434 g/mol. The molecule has 4 N–H and O–H groups in total. The van der Waals surface area contributed by atoms with E-state index < -0.39 is 23.7 Å². The Morgan fingerprint density at radius 1 is 0.844 bits per heavy atom. The number of carbonyl (C=O) groups excluding carboxylic acids is 1. The number of hydrogen-bond acceptors (Lipinski definition) is 4. The Bertz CT molecular complexity index is 817. The molecule has 0 fully saturated rings. The number of nitrogens with two attached hydrogens (primary N) is 1. The predicted octanol–water partition coefficient (Wildman–Crippen LogP) is 1.66. The summed E-state index contributed by atoms with van der Waals surface area (Å²) in [6, 6.07) is 27.6. The molecule has 0 aromatic heterocycles. The van der Waals surface area contributed by atoms with Crippen molar-refractivity contribution in [1.29, 1.82) is 0 Å². The van der Waals surface area contributed by atoms with Crippen LogP contribution < -0.4 is 15.7 Å². The molecular formula is C27H34N2O3. The number of quaternary nitrogens is 1. The minimum absolute atomic E-state index is 0.870. The van der Waals surface area contributed by atoms with Crippen LogP contribution >= 0.6 is 0 Å². The fourth-order valence-corrected chi connectivity index (χ4v) is 3.71. The average Bonchev–Trinajstić information content (AvgIpc) is 2.82. The summed E-state index contributed by atoms with van der Waals surface area (Å²) in [6.07, 6.45) is -1.13. The molecule has 0 aliphatic heterocycles. The van der Waals surface area contributed by atoms with Crippen LogP contribution in [-0.2, 0) is 10.3 Å². The van der Waals surface area contributed by atoms with Gasteiger partial charge in [0, 0.05) is 0 Å². The highest BCUT2D eigenvalue weighted by Gasteiger charge is 2.39. The molecule has 0 amide bonds. The van der Waals surface area contributed by atoms with Crippen LogP contribution in [-0.4, -0.2) is 36.3 Å². The van der Waals surface area contributed by atoms with Crippen LogP contribution in [0.1, 0.15) is 37.5 Å². The van der Waals surface area contributed by atoms with Crippen molar-refractivity contribution >= 4 is 5.97 Å². The maximum absolute atomic E-state index is 11.8. The molecule has 32 heavy (non-hydrogen) atoms. The van der Waals surface area contributed by atoms with Crippen molar-refractivity contribution in [3.05, 3.63) is 108 Å². The zero-order chi connectivity index (χ0) is 23.4. The summed E-state index contributed by atoms with van der Waals surface area (Å²) >= 11 is 0. The Labute approximate surface area is 191 Å². The number of nitrogens with one attached hydrogen (secondary N) is 1. The molecular weight excluding hydrogens is 400 g/mol. The van der Waals surface area contributed by atoms with Crippen molar-refractivity contribution in [2.45, 2.75) is 38.5 Å². The SMILES string of the molecule is CC[NH2+]CC.C[C@@H](O)[C@H](NC(c1ccccc1)(c1ccccc1)c1ccccc1)C(=O)[O-]. The third-order valence-corrected chi connectivity index (χ3v) is 5.31. The third-order valence-electron chi connectivity index (χ3n) is 5.31. The van der Waals surface area contributed by atoms with Crippen LogP contribution in [0, 0.1) is 0 Å². The highest BCUT2D eigenvalue weighted by Crippen LogP contribution is 2.37. The summed E-state index contributed by atoms with van der Waals surface area (Å²) in [5, 5.41) is 27.3. The third kappa shape index (κ3) is 6.26. The molecule has 2 atom stereocenters. The molecule has 170 valence electrons. The molecule has 0 saturated heterocycles. The lowest BCUT2D eigenvalue weighted by atomic mass is 9.76. The molecule has 0 bridgehead atoms. The van der Waals surface area contributed by atoms with Crippen LogP contribution in [0.15, 0.2) is 91.0 Å². The van der Waals surface area contributed by atoms with Crippen molar-refractivity contribution in [2.75, 3.05) is 13.1 Å². The quantitative estimate of drug-likeness (QED) is 0.447. The van der Waals surface area contributed by atoms with Gasteiger partial charge in [-0.2, -0.15) is 0 Å². The molecule has 0 aliphatic rings.